The van der Waals surface area contributed by atoms with E-state index in [0.29, 0.717) is 12.1 Å². The van der Waals surface area contributed by atoms with Crippen molar-refractivity contribution in [1.29, 1.82) is 0 Å². The van der Waals surface area contributed by atoms with Gasteiger partial charge in [0.25, 0.3) is 0 Å². The summed E-state index contributed by atoms with van der Waals surface area (Å²) in [5, 5.41) is 35.0. The van der Waals surface area contributed by atoms with Gasteiger partial charge in [-0.2, -0.15) is 0 Å². The number of hydrogen-bond acceptors (Lipinski definition) is 6. The van der Waals surface area contributed by atoms with Crippen molar-refractivity contribution in [2.45, 2.75) is 51.6 Å². The van der Waals surface area contributed by atoms with Gasteiger partial charge in [-0.05, 0) is 42.7 Å². The van der Waals surface area contributed by atoms with Crippen LogP contribution in [-0.2, 0) is 11.2 Å². The van der Waals surface area contributed by atoms with E-state index >= 15 is 0 Å². The second-order valence-corrected chi connectivity index (χ2v) is 11.6. The molecule has 35 heavy (non-hydrogen) atoms. The maximum atomic E-state index is 13.3. The van der Waals surface area contributed by atoms with Crippen LogP contribution in [0.2, 0.25) is 0 Å². The van der Waals surface area contributed by atoms with Crippen LogP contribution in [-0.4, -0.2) is 38.9 Å². The number of amides is 1. The Kier molecular flexibility index (Phi) is 6.20. The molecule has 4 N–H and O–H groups in total. The van der Waals surface area contributed by atoms with Crippen molar-refractivity contribution in [3.8, 4) is 16.3 Å². The predicted molar refractivity (Wildman–Crippen MR) is 137 cm³/mol. The highest BCUT2D eigenvalue weighted by Crippen LogP contribution is 2.63. The van der Waals surface area contributed by atoms with Gasteiger partial charge < -0.3 is 20.6 Å². The zero-order chi connectivity index (χ0) is 24.8. The van der Waals surface area contributed by atoms with Crippen LogP contribution in [0, 0.1) is 16.7 Å². The first-order valence-corrected chi connectivity index (χ1v) is 13.0. The molecule has 1 fully saturated rings. The summed E-state index contributed by atoms with van der Waals surface area (Å²) in [6, 6.07) is 16.6. The summed E-state index contributed by atoms with van der Waals surface area (Å²) in [6.07, 6.45) is 1.73. The van der Waals surface area contributed by atoms with Gasteiger partial charge in [-0.15, -0.1) is 11.3 Å². The number of aromatic nitrogens is 1. The van der Waals surface area contributed by atoms with Crippen LogP contribution in [0.4, 0.5) is 5.69 Å². The molecule has 6 nitrogen and oxygen atoms in total. The number of carbonyl (C=O) groups excluding carboxylic acids is 1. The van der Waals surface area contributed by atoms with Crippen LogP contribution in [0.25, 0.3) is 10.6 Å². The molecule has 5 rings (SSSR count). The number of phenolic OH excluding ortho intramolecular Hbond substituents is 1. The van der Waals surface area contributed by atoms with E-state index in [0.717, 1.165) is 34.0 Å². The Hall–Kier alpha value is -2.74. The second-order valence-electron chi connectivity index (χ2n) is 10.5. The number of rotatable bonds is 5. The number of aromatic hydroxyl groups is 1. The molecule has 184 valence electrons. The normalized spacial score (nSPS) is 29.8. The lowest BCUT2D eigenvalue weighted by molar-refractivity contribution is -0.143. The van der Waals surface area contributed by atoms with Gasteiger partial charge in [-0.3, -0.25) is 4.79 Å². The number of fused-ring (bicyclic) bond motifs is 2. The van der Waals surface area contributed by atoms with Crippen molar-refractivity contribution in [2.75, 3.05) is 11.9 Å². The van der Waals surface area contributed by atoms with E-state index in [4.69, 9.17) is 4.98 Å². The molecule has 0 saturated heterocycles. The number of benzene rings is 2. The van der Waals surface area contributed by atoms with Crippen molar-refractivity contribution in [2.24, 2.45) is 16.7 Å². The molecular formula is C28H32N2O4S. The molecular weight excluding hydrogens is 460 g/mol. The predicted octanol–water partition coefficient (Wildman–Crippen LogP) is 4.96. The molecule has 1 heterocycles. The number of thiazole rings is 1. The van der Waals surface area contributed by atoms with Crippen LogP contribution >= 0.6 is 11.3 Å². The Morgan fingerprint density at radius 3 is 2.66 bits per heavy atom. The Morgan fingerprint density at radius 1 is 1.17 bits per heavy atom. The maximum Gasteiger partial charge on any atom is 0.225 e. The molecule has 5 atom stereocenters. The first-order chi connectivity index (χ1) is 16.7. The van der Waals surface area contributed by atoms with E-state index in [1.165, 1.54) is 6.07 Å². The summed E-state index contributed by atoms with van der Waals surface area (Å²) >= 11 is 1.65. The van der Waals surface area contributed by atoms with E-state index < -0.39 is 11.5 Å². The summed E-state index contributed by atoms with van der Waals surface area (Å²) in [7, 11) is 0. The van der Waals surface area contributed by atoms with Crippen molar-refractivity contribution in [3.63, 3.8) is 0 Å². The van der Waals surface area contributed by atoms with Crippen LogP contribution in [0.1, 0.15) is 49.6 Å². The minimum Gasteiger partial charge on any atom is -0.508 e. The van der Waals surface area contributed by atoms with Crippen LogP contribution in [0.3, 0.4) is 0 Å². The average Bonchev–Trinajstić information content (AvgIpc) is 3.27. The van der Waals surface area contributed by atoms with Crippen molar-refractivity contribution in [3.05, 3.63) is 65.2 Å². The van der Waals surface area contributed by atoms with Gasteiger partial charge in [0.2, 0.25) is 5.91 Å². The topological polar surface area (TPSA) is 103 Å². The molecule has 0 spiro atoms. The highest BCUT2D eigenvalue weighted by Gasteiger charge is 2.59. The van der Waals surface area contributed by atoms with Crippen molar-refractivity contribution >= 4 is 22.9 Å². The molecule has 3 aromatic rings. The van der Waals surface area contributed by atoms with Gasteiger partial charge in [0.05, 0.1) is 18.4 Å². The zero-order valence-electron chi connectivity index (χ0n) is 20.1. The van der Waals surface area contributed by atoms with Gasteiger partial charge in [0.1, 0.15) is 10.8 Å². The lowest BCUT2D eigenvalue weighted by Crippen LogP contribution is -2.57. The fraction of sp³-hybridized carbons (Fsp3) is 0.429. The Bertz CT molecular complexity index is 1230. The van der Waals surface area contributed by atoms with Crippen LogP contribution in [0.5, 0.6) is 5.75 Å². The Labute approximate surface area is 209 Å². The number of hydrogen-bond donors (Lipinski definition) is 4. The molecule has 0 radical (unpaired) electrons. The smallest absolute Gasteiger partial charge is 0.225 e. The number of nitrogens with zero attached hydrogens (tertiary/aromatic N) is 1. The Morgan fingerprint density at radius 2 is 1.94 bits per heavy atom. The minimum atomic E-state index is -0.651. The standard InChI is InChI=1S/C28H32N2O4S/c1-27-12-11-23(33)28(2,16-31)22(27)15-21-25(30-26(35-21)17-7-4-3-5-8-17)20(27)14-24(34)29-18-9-6-10-19(32)13-18/h3-10,13,20,22-23,31-33H,11-12,14-16H2,1-2H3,(H,29,34). The minimum absolute atomic E-state index is 0.0129. The van der Waals surface area contributed by atoms with E-state index in [2.05, 4.69) is 12.2 Å². The molecule has 1 amide bonds. The SMILES string of the molecule is CC1(CO)C(O)CCC2(C)C(CC(=O)Nc3cccc(O)c3)c3nc(-c4ccccc4)sc3CC12. The number of aliphatic hydroxyl groups excluding tert-OH is 2. The van der Waals surface area contributed by atoms with Gasteiger partial charge in [0.15, 0.2) is 0 Å². The number of anilines is 1. The molecule has 0 bridgehead atoms. The molecule has 2 aliphatic carbocycles. The third-order valence-electron chi connectivity index (χ3n) is 8.43. The maximum absolute atomic E-state index is 13.3. The van der Waals surface area contributed by atoms with Gasteiger partial charge in [-0.25, -0.2) is 4.98 Å². The van der Waals surface area contributed by atoms with Gasteiger partial charge in [0, 0.05) is 39.9 Å². The van der Waals surface area contributed by atoms with Crippen LogP contribution < -0.4 is 5.32 Å². The van der Waals surface area contributed by atoms with Crippen LogP contribution in [0.15, 0.2) is 54.6 Å². The first kappa shape index (κ1) is 24.0. The fourth-order valence-electron chi connectivity index (χ4n) is 6.33. The van der Waals surface area contributed by atoms with Gasteiger partial charge >= 0.3 is 0 Å². The largest absolute Gasteiger partial charge is 0.508 e. The van der Waals surface area contributed by atoms with Gasteiger partial charge in [-0.1, -0.05) is 50.2 Å². The highest BCUT2D eigenvalue weighted by atomic mass is 32.1. The van der Waals surface area contributed by atoms with Crippen molar-refractivity contribution < 1.29 is 20.1 Å². The quantitative estimate of drug-likeness (QED) is 0.403. The molecule has 0 aliphatic heterocycles. The summed E-state index contributed by atoms with van der Waals surface area (Å²) in [4.78, 5) is 19.5. The summed E-state index contributed by atoms with van der Waals surface area (Å²) < 4.78 is 0. The number of carbonyl (C=O) groups is 1. The second kappa shape index (κ2) is 9.04. The molecule has 1 aromatic heterocycles. The summed E-state index contributed by atoms with van der Waals surface area (Å²) in [5.74, 6) is -0.180. The third kappa shape index (κ3) is 4.15. The number of phenols is 1. The molecule has 1 saturated carbocycles. The number of nitrogens with one attached hydrogen (secondary N) is 1. The third-order valence-corrected chi connectivity index (χ3v) is 9.58. The molecule has 7 heteroatoms. The monoisotopic (exact) mass is 492 g/mol. The summed E-state index contributed by atoms with van der Waals surface area (Å²) in [6.45, 7) is 4.08. The van der Waals surface area contributed by atoms with E-state index in [9.17, 15) is 20.1 Å². The summed E-state index contributed by atoms with van der Waals surface area (Å²) in [5.41, 5.74) is 1.61. The van der Waals surface area contributed by atoms with Crippen molar-refractivity contribution in [1.82, 2.24) is 4.98 Å². The zero-order valence-corrected chi connectivity index (χ0v) is 20.9. The Balaban J connectivity index is 1.55. The first-order valence-electron chi connectivity index (χ1n) is 12.2. The number of aliphatic hydroxyl groups is 2. The fourth-order valence-corrected chi connectivity index (χ4v) is 7.50. The molecule has 2 aromatic carbocycles. The average molecular weight is 493 g/mol. The highest BCUT2D eigenvalue weighted by molar-refractivity contribution is 7.15. The molecule has 2 aliphatic rings. The van der Waals surface area contributed by atoms with E-state index in [1.807, 2.05) is 37.3 Å². The molecule has 5 unspecified atom stereocenters. The lowest BCUT2D eigenvalue weighted by atomic mass is 9.47. The lowest BCUT2D eigenvalue weighted by Gasteiger charge is -2.58. The van der Waals surface area contributed by atoms with E-state index in [1.54, 1.807) is 29.5 Å². The van der Waals surface area contributed by atoms with E-state index in [-0.39, 0.29) is 41.9 Å².